The molecule has 0 fully saturated rings. The summed E-state index contributed by atoms with van der Waals surface area (Å²) in [5.41, 5.74) is 1.44. The molecule has 0 radical (unpaired) electrons. The zero-order valence-electron chi connectivity index (χ0n) is 11.0. The Bertz CT molecular complexity index is 590. The minimum absolute atomic E-state index is 0.161. The number of halogens is 3. The van der Waals surface area contributed by atoms with Gasteiger partial charge in [-0.2, -0.15) is 13.2 Å². The molecule has 20 heavy (non-hydrogen) atoms. The van der Waals surface area contributed by atoms with Gasteiger partial charge in [-0.3, -0.25) is 0 Å². The molecule has 0 heterocycles. The minimum Gasteiger partial charge on any atom is -0.388 e. The first kappa shape index (κ1) is 14.6. The molecule has 0 saturated carbocycles. The molecule has 0 saturated heterocycles. The van der Waals surface area contributed by atoms with Gasteiger partial charge in [-0.25, -0.2) is 0 Å². The van der Waals surface area contributed by atoms with Gasteiger partial charge in [-0.15, -0.1) is 0 Å². The van der Waals surface area contributed by atoms with Crippen LogP contribution in [0.1, 0.15) is 28.4 Å². The Labute approximate surface area is 115 Å². The van der Waals surface area contributed by atoms with Crippen LogP contribution in [0.4, 0.5) is 13.2 Å². The maximum Gasteiger partial charge on any atom is 0.416 e. The van der Waals surface area contributed by atoms with Crippen LogP contribution in [0.25, 0.3) is 0 Å². The summed E-state index contributed by atoms with van der Waals surface area (Å²) in [6.07, 6.45) is -5.00. The summed E-state index contributed by atoms with van der Waals surface area (Å²) in [6.45, 7) is 1.87. The van der Waals surface area contributed by atoms with Crippen LogP contribution < -0.4 is 0 Å². The van der Waals surface area contributed by atoms with E-state index in [-0.39, 0.29) is 6.42 Å². The summed E-state index contributed by atoms with van der Waals surface area (Å²) in [6, 6.07) is 12.4. The maximum absolute atomic E-state index is 12.6. The summed E-state index contributed by atoms with van der Waals surface area (Å²) in [5, 5.41) is 10.2. The molecule has 0 bridgehead atoms. The zero-order valence-corrected chi connectivity index (χ0v) is 11.0. The third-order valence-electron chi connectivity index (χ3n) is 3.23. The molecule has 0 spiro atoms. The number of alkyl halides is 3. The first-order chi connectivity index (χ1) is 9.38. The smallest absolute Gasteiger partial charge is 0.388 e. The minimum atomic E-state index is -4.36. The fourth-order valence-electron chi connectivity index (χ4n) is 2.17. The van der Waals surface area contributed by atoms with E-state index < -0.39 is 17.8 Å². The zero-order chi connectivity index (χ0) is 14.8. The fraction of sp³-hybridized carbons (Fsp3) is 0.250. The summed E-state index contributed by atoms with van der Waals surface area (Å²) in [4.78, 5) is 0. The van der Waals surface area contributed by atoms with Crippen molar-refractivity contribution in [2.24, 2.45) is 0 Å². The monoisotopic (exact) mass is 280 g/mol. The normalized spacial score (nSPS) is 13.2. The van der Waals surface area contributed by atoms with Crippen molar-refractivity contribution in [3.63, 3.8) is 0 Å². The largest absolute Gasteiger partial charge is 0.416 e. The molecule has 1 atom stereocenters. The standard InChI is InChI=1S/C16H15F3O/c1-11-5-2-3-8-14(11)15(20)10-12-6-4-7-13(9-12)16(17,18)19/h2-9,15,20H,10H2,1H3. The average molecular weight is 280 g/mol. The molecule has 0 aliphatic rings. The van der Waals surface area contributed by atoms with Crippen molar-refractivity contribution < 1.29 is 18.3 Å². The average Bonchev–Trinajstić information content (AvgIpc) is 2.38. The molecule has 2 aromatic carbocycles. The molecule has 1 unspecified atom stereocenters. The Kier molecular flexibility index (Phi) is 4.14. The van der Waals surface area contributed by atoms with E-state index in [0.29, 0.717) is 5.56 Å². The number of aryl methyl sites for hydroxylation is 1. The van der Waals surface area contributed by atoms with Crippen LogP contribution in [0.3, 0.4) is 0 Å². The van der Waals surface area contributed by atoms with E-state index in [2.05, 4.69) is 0 Å². The van der Waals surface area contributed by atoms with Crippen molar-refractivity contribution in [3.8, 4) is 0 Å². The maximum atomic E-state index is 12.6. The van der Waals surface area contributed by atoms with Gasteiger partial charge < -0.3 is 5.11 Å². The lowest BCUT2D eigenvalue weighted by atomic mass is 9.97. The van der Waals surface area contributed by atoms with Crippen molar-refractivity contribution in [1.29, 1.82) is 0 Å². The van der Waals surface area contributed by atoms with Crippen molar-refractivity contribution in [2.75, 3.05) is 0 Å². The molecule has 0 aliphatic carbocycles. The molecular weight excluding hydrogens is 265 g/mol. The molecule has 2 rings (SSSR count). The number of aliphatic hydroxyl groups is 1. The Hall–Kier alpha value is -1.81. The van der Waals surface area contributed by atoms with Gasteiger partial charge in [0, 0.05) is 6.42 Å². The Morgan fingerprint density at radius 1 is 1.05 bits per heavy atom. The van der Waals surface area contributed by atoms with E-state index in [1.54, 1.807) is 18.2 Å². The molecule has 0 aliphatic heterocycles. The topological polar surface area (TPSA) is 20.2 Å². The van der Waals surface area contributed by atoms with E-state index in [1.807, 2.05) is 19.1 Å². The van der Waals surface area contributed by atoms with E-state index in [9.17, 15) is 18.3 Å². The van der Waals surface area contributed by atoms with Gasteiger partial charge in [0.05, 0.1) is 11.7 Å². The van der Waals surface area contributed by atoms with E-state index in [1.165, 1.54) is 6.07 Å². The highest BCUT2D eigenvalue weighted by atomic mass is 19.4. The summed E-state index contributed by atoms with van der Waals surface area (Å²) >= 11 is 0. The van der Waals surface area contributed by atoms with Gasteiger partial charge in [0.25, 0.3) is 0 Å². The summed E-state index contributed by atoms with van der Waals surface area (Å²) in [5.74, 6) is 0. The van der Waals surface area contributed by atoms with Gasteiger partial charge in [0.1, 0.15) is 0 Å². The quantitative estimate of drug-likeness (QED) is 0.889. The lowest BCUT2D eigenvalue weighted by Gasteiger charge is -2.15. The summed E-state index contributed by atoms with van der Waals surface area (Å²) < 4.78 is 37.9. The van der Waals surface area contributed by atoms with Crippen LogP contribution in [0.2, 0.25) is 0 Å². The molecule has 2 aromatic rings. The second-order valence-electron chi connectivity index (χ2n) is 4.77. The first-order valence-corrected chi connectivity index (χ1v) is 6.27. The molecule has 0 aromatic heterocycles. The number of hydrogen-bond acceptors (Lipinski definition) is 1. The van der Waals surface area contributed by atoms with E-state index >= 15 is 0 Å². The van der Waals surface area contributed by atoms with Gasteiger partial charge in [0.15, 0.2) is 0 Å². The van der Waals surface area contributed by atoms with Crippen LogP contribution in [0, 0.1) is 6.92 Å². The third kappa shape index (κ3) is 3.39. The second kappa shape index (κ2) is 5.67. The predicted molar refractivity (Wildman–Crippen MR) is 71.3 cm³/mol. The van der Waals surface area contributed by atoms with Crippen LogP contribution in [-0.4, -0.2) is 5.11 Å². The van der Waals surface area contributed by atoms with Crippen molar-refractivity contribution in [2.45, 2.75) is 25.6 Å². The Morgan fingerprint density at radius 2 is 1.75 bits per heavy atom. The van der Waals surface area contributed by atoms with Crippen LogP contribution in [0.15, 0.2) is 48.5 Å². The number of rotatable bonds is 3. The molecule has 1 N–H and O–H groups in total. The van der Waals surface area contributed by atoms with Crippen molar-refractivity contribution in [3.05, 3.63) is 70.8 Å². The molecule has 1 nitrogen and oxygen atoms in total. The lowest BCUT2D eigenvalue weighted by molar-refractivity contribution is -0.137. The lowest BCUT2D eigenvalue weighted by Crippen LogP contribution is -2.07. The summed E-state index contributed by atoms with van der Waals surface area (Å²) in [7, 11) is 0. The van der Waals surface area contributed by atoms with Gasteiger partial charge >= 0.3 is 6.18 Å². The fourth-order valence-corrected chi connectivity index (χ4v) is 2.17. The highest BCUT2D eigenvalue weighted by Gasteiger charge is 2.30. The Balaban J connectivity index is 2.20. The first-order valence-electron chi connectivity index (χ1n) is 6.27. The molecular formula is C16H15F3O. The predicted octanol–water partition coefficient (Wildman–Crippen LogP) is 4.29. The highest BCUT2D eigenvalue weighted by Crippen LogP contribution is 2.30. The third-order valence-corrected chi connectivity index (χ3v) is 3.23. The van der Waals surface area contributed by atoms with Gasteiger partial charge in [0.2, 0.25) is 0 Å². The van der Waals surface area contributed by atoms with Gasteiger partial charge in [-0.1, -0.05) is 42.5 Å². The van der Waals surface area contributed by atoms with Crippen LogP contribution >= 0.6 is 0 Å². The van der Waals surface area contributed by atoms with Gasteiger partial charge in [-0.05, 0) is 29.7 Å². The number of hydrogen-bond donors (Lipinski definition) is 1. The van der Waals surface area contributed by atoms with Crippen LogP contribution in [-0.2, 0) is 12.6 Å². The highest BCUT2D eigenvalue weighted by molar-refractivity contribution is 5.31. The number of aliphatic hydroxyl groups excluding tert-OH is 1. The molecule has 106 valence electrons. The van der Waals surface area contributed by atoms with E-state index in [0.717, 1.165) is 23.3 Å². The van der Waals surface area contributed by atoms with Crippen molar-refractivity contribution in [1.82, 2.24) is 0 Å². The molecule has 0 amide bonds. The second-order valence-corrected chi connectivity index (χ2v) is 4.77. The van der Waals surface area contributed by atoms with Crippen LogP contribution in [0.5, 0.6) is 0 Å². The molecule has 4 heteroatoms. The van der Waals surface area contributed by atoms with Crippen molar-refractivity contribution >= 4 is 0 Å². The Morgan fingerprint density at radius 3 is 2.40 bits per heavy atom. The SMILES string of the molecule is Cc1ccccc1C(O)Cc1cccc(C(F)(F)F)c1. The number of benzene rings is 2. The van der Waals surface area contributed by atoms with E-state index in [4.69, 9.17) is 0 Å².